The van der Waals surface area contributed by atoms with Gasteiger partial charge in [0.2, 0.25) is 0 Å². The molecule has 0 atom stereocenters. The quantitative estimate of drug-likeness (QED) is 0.766. The summed E-state index contributed by atoms with van der Waals surface area (Å²) in [7, 11) is 0. The Hall–Kier alpha value is -1.85. The second-order valence-electron chi connectivity index (χ2n) is 4.47. The number of hydrogen-bond donors (Lipinski definition) is 0. The highest BCUT2D eigenvalue weighted by Gasteiger charge is 2.06. The zero-order valence-corrected chi connectivity index (χ0v) is 11.6. The van der Waals surface area contributed by atoms with Crippen LogP contribution in [0, 0.1) is 18.3 Å². The standard InChI is InChI=1S/C16H15NS/c1-11(2)16-14(8-9-18-16)15(10-17)13-7-5-4-6-12(13)3/h4-9H,1-3H3. The Bertz CT molecular complexity index is 725. The molecule has 2 aromatic rings. The monoisotopic (exact) mass is 253 g/mol. The fraction of sp³-hybridized carbons (Fsp3) is 0.188. The highest BCUT2D eigenvalue weighted by Crippen LogP contribution is 2.15. The fourth-order valence-corrected chi connectivity index (χ4v) is 2.89. The van der Waals surface area contributed by atoms with Crippen molar-refractivity contribution in [2.45, 2.75) is 20.8 Å². The molecular formula is C16H15NS. The smallest absolute Gasteiger partial charge is 0.100 e. The van der Waals surface area contributed by atoms with Crippen molar-refractivity contribution < 1.29 is 0 Å². The minimum absolute atomic E-state index is 0.769. The van der Waals surface area contributed by atoms with E-state index in [2.05, 4.69) is 19.9 Å². The molecule has 0 aliphatic heterocycles. The Morgan fingerprint density at radius 1 is 1.17 bits per heavy atom. The maximum absolute atomic E-state index is 9.49. The van der Waals surface area contributed by atoms with E-state index < -0.39 is 0 Å². The molecule has 0 aliphatic rings. The second-order valence-corrected chi connectivity index (χ2v) is 5.38. The predicted octanol–water partition coefficient (Wildman–Crippen LogP) is 2.97. The second kappa shape index (κ2) is 5.20. The van der Waals surface area contributed by atoms with Crippen LogP contribution in [0.5, 0.6) is 0 Å². The first kappa shape index (κ1) is 12.6. The molecule has 1 nitrogen and oxygen atoms in total. The van der Waals surface area contributed by atoms with Crippen LogP contribution in [0.15, 0.2) is 35.7 Å². The van der Waals surface area contributed by atoms with Gasteiger partial charge in [-0.2, -0.15) is 5.26 Å². The third-order valence-electron chi connectivity index (χ3n) is 2.91. The van der Waals surface area contributed by atoms with E-state index in [4.69, 9.17) is 0 Å². The van der Waals surface area contributed by atoms with Crippen molar-refractivity contribution in [3.63, 3.8) is 0 Å². The number of aryl methyl sites for hydroxylation is 1. The van der Waals surface area contributed by atoms with Crippen molar-refractivity contribution in [2.24, 2.45) is 0 Å². The van der Waals surface area contributed by atoms with Gasteiger partial charge in [-0.15, -0.1) is 11.3 Å². The van der Waals surface area contributed by atoms with E-state index in [1.165, 1.54) is 10.1 Å². The highest BCUT2D eigenvalue weighted by atomic mass is 32.1. The minimum atomic E-state index is 0.769. The Kier molecular flexibility index (Phi) is 3.64. The normalized spacial score (nSPS) is 11.9. The first-order valence-electron chi connectivity index (χ1n) is 5.86. The topological polar surface area (TPSA) is 23.8 Å². The van der Waals surface area contributed by atoms with E-state index in [9.17, 15) is 5.26 Å². The maximum Gasteiger partial charge on any atom is 0.100 e. The molecule has 0 N–H and O–H groups in total. The highest BCUT2D eigenvalue weighted by molar-refractivity contribution is 7.07. The SMILES string of the molecule is CC(C)=c1sccc1=C(C#N)c1ccccc1C. The van der Waals surface area contributed by atoms with Gasteiger partial charge in [0.05, 0.1) is 5.57 Å². The molecule has 0 spiro atoms. The van der Waals surface area contributed by atoms with Crippen LogP contribution in [-0.4, -0.2) is 0 Å². The molecule has 1 heterocycles. The summed E-state index contributed by atoms with van der Waals surface area (Å²) in [5.41, 5.74) is 4.19. The van der Waals surface area contributed by atoms with Crippen molar-refractivity contribution in [3.05, 3.63) is 56.6 Å². The lowest BCUT2D eigenvalue weighted by atomic mass is 10.00. The minimum Gasteiger partial charge on any atom is -0.192 e. The molecule has 0 bridgehead atoms. The molecule has 2 rings (SSSR count). The number of thiophene rings is 1. The third-order valence-corrected chi connectivity index (χ3v) is 4.05. The molecule has 0 fully saturated rings. The molecule has 1 aromatic heterocycles. The molecular weight excluding hydrogens is 238 g/mol. The molecule has 18 heavy (non-hydrogen) atoms. The van der Waals surface area contributed by atoms with Gasteiger partial charge < -0.3 is 0 Å². The zero-order valence-electron chi connectivity index (χ0n) is 10.8. The molecule has 90 valence electrons. The molecule has 2 heteroatoms. The number of nitriles is 1. The lowest BCUT2D eigenvalue weighted by Crippen LogP contribution is -2.23. The average molecular weight is 253 g/mol. The predicted molar refractivity (Wildman–Crippen MR) is 77.6 cm³/mol. The van der Waals surface area contributed by atoms with Crippen LogP contribution >= 0.6 is 11.3 Å². The van der Waals surface area contributed by atoms with Crippen LogP contribution in [0.25, 0.3) is 11.1 Å². The van der Waals surface area contributed by atoms with Gasteiger partial charge >= 0.3 is 0 Å². The molecule has 0 aliphatic carbocycles. The van der Waals surface area contributed by atoms with Crippen LogP contribution in [0.2, 0.25) is 0 Å². The summed E-state index contributed by atoms with van der Waals surface area (Å²) in [5.74, 6) is 0. The van der Waals surface area contributed by atoms with Gasteiger partial charge in [0.15, 0.2) is 0 Å². The molecule has 0 saturated carbocycles. The summed E-state index contributed by atoms with van der Waals surface area (Å²) in [6.07, 6.45) is 0. The maximum atomic E-state index is 9.49. The van der Waals surface area contributed by atoms with Crippen molar-refractivity contribution >= 4 is 22.5 Å². The van der Waals surface area contributed by atoms with E-state index in [1.807, 2.05) is 42.6 Å². The molecule has 0 saturated heterocycles. The van der Waals surface area contributed by atoms with E-state index in [1.54, 1.807) is 11.3 Å². The van der Waals surface area contributed by atoms with Gasteiger partial charge in [-0.1, -0.05) is 29.8 Å². The van der Waals surface area contributed by atoms with Crippen LogP contribution in [-0.2, 0) is 0 Å². The average Bonchev–Trinajstić information content (AvgIpc) is 2.82. The summed E-state index contributed by atoms with van der Waals surface area (Å²) >= 11 is 1.69. The van der Waals surface area contributed by atoms with Crippen LogP contribution in [0.4, 0.5) is 0 Å². The lowest BCUT2D eigenvalue weighted by molar-refractivity contribution is 1.40. The molecule has 0 radical (unpaired) electrons. The summed E-state index contributed by atoms with van der Waals surface area (Å²) < 4.78 is 1.20. The summed E-state index contributed by atoms with van der Waals surface area (Å²) in [6, 6.07) is 12.4. The van der Waals surface area contributed by atoms with Crippen molar-refractivity contribution in [2.75, 3.05) is 0 Å². The molecule has 0 unspecified atom stereocenters. The van der Waals surface area contributed by atoms with E-state index in [0.29, 0.717) is 0 Å². The number of benzene rings is 1. The van der Waals surface area contributed by atoms with Gasteiger partial charge in [-0.3, -0.25) is 0 Å². The van der Waals surface area contributed by atoms with Crippen molar-refractivity contribution in [1.82, 2.24) is 0 Å². The number of hydrogen-bond acceptors (Lipinski definition) is 2. The Balaban J connectivity index is 2.91. The van der Waals surface area contributed by atoms with Gasteiger partial charge in [-0.25, -0.2) is 0 Å². The Labute approximate surface area is 111 Å². The van der Waals surface area contributed by atoms with Crippen LogP contribution < -0.4 is 9.75 Å². The third kappa shape index (κ3) is 2.23. The summed E-state index contributed by atoms with van der Waals surface area (Å²) in [5, 5.41) is 12.6. The fourth-order valence-electron chi connectivity index (χ4n) is 2.01. The van der Waals surface area contributed by atoms with Gasteiger partial charge in [0.1, 0.15) is 6.07 Å². The zero-order chi connectivity index (χ0) is 13.1. The molecule has 1 aromatic carbocycles. The first-order chi connectivity index (χ1) is 8.65. The van der Waals surface area contributed by atoms with Gasteiger partial charge in [0, 0.05) is 9.75 Å². The van der Waals surface area contributed by atoms with E-state index in [0.717, 1.165) is 21.9 Å². The van der Waals surface area contributed by atoms with E-state index in [-0.39, 0.29) is 0 Å². The lowest BCUT2D eigenvalue weighted by Gasteiger charge is -2.03. The summed E-state index contributed by atoms with van der Waals surface area (Å²) in [4.78, 5) is 0. The van der Waals surface area contributed by atoms with Crippen molar-refractivity contribution in [1.29, 1.82) is 5.26 Å². The van der Waals surface area contributed by atoms with Crippen LogP contribution in [0.1, 0.15) is 25.0 Å². The van der Waals surface area contributed by atoms with Gasteiger partial charge in [0.25, 0.3) is 0 Å². The largest absolute Gasteiger partial charge is 0.192 e. The number of nitrogens with zero attached hydrogens (tertiary/aromatic N) is 1. The van der Waals surface area contributed by atoms with Crippen LogP contribution in [0.3, 0.4) is 0 Å². The summed E-state index contributed by atoms with van der Waals surface area (Å²) in [6.45, 7) is 6.21. The Morgan fingerprint density at radius 2 is 1.89 bits per heavy atom. The first-order valence-corrected chi connectivity index (χ1v) is 6.74. The van der Waals surface area contributed by atoms with Gasteiger partial charge in [-0.05, 0) is 43.3 Å². The van der Waals surface area contributed by atoms with Crippen molar-refractivity contribution in [3.8, 4) is 6.07 Å². The number of rotatable bonds is 1. The van der Waals surface area contributed by atoms with E-state index >= 15 is 0 Å². The molecule has 0 amide bonds. The Morgan fingerprint density at radius 3 is 2.50 bits per heavy atom.